The second-order valence-corrected chi connectivity index (χ2v) is 14.6. The molecule has 0 aliphatic carbocycles. The number of oxazole rings is 1. The zero-order valence-corrected chi connectivity index (χ0v) is 26.0. The zero-order valence-electron chi connectivity index (χ0n) is 25.2. The lowest BCUT2D eigenvalue weighted by Gasteiger charge is -2.34. The quantitative estimate of drug-likeness (QED) is 0.336. The number of β-amino-alcohol motifs (C(OH)–C–C–N with tert-alkyl or cyclic N) is 1. The SMILES string of the molecule is C/C(=C\c1coc(S(C)(=O)=O)n1)[C@@H]1C[C@@H]2N(CCO)[C@]2(C)CCC[C@H](C)[C@H](O)[C@@H](C)C(=O)C(C)(C)[C@@H](O)CC(=O)O1. The minimum absolute atomic E-state index is 0.0188. The standard InChI is InChI=1S/C29H46N2O9S/c1-17-9-8-10-29(6)22(31(29)11-12-32)14-21(18(2)13-20-16-39-27(30-20)41(7,37)38)40-24(34)15-23(33)28(4,5)26(36)19(3)25(17)35/h13,16-17,19,21-23,25,32-33,35H,8-12,14-15H2,1-7H3/b18-13+/t17-,19+,21-,22-,23-,25-,29+,31?/m0/s1. The Labute approximate surface area is 242 Å². The molecule has 2 aliphatic rings. The summed E-state index contributed by atoms with van der Waals surface area (Å²) >= 11 is 0. The molecule has 0 amide bonds. The lowest BCUT2D eigenvalue weighted by atomic mass is 9.73. The molecule has 3 heterocycles. The molecule has 1 unspecified atom stereocenters. The molecule has 8 atom stereocenters. The van der Waals surface area contributed by atoms with Crippen LogP contribution in [0.2, 0.25) is 0 Å². The smallest absolute Gasteiger partial charge is 0.315 e. The molecular weight excluding hydrogens is 552 g/mol. The number of carbonyl (C=O) groups excluding carboxylic acids is 2. The van der Waals surface area contributed by atoms with Gasteiger partial charge in [-0.1, -0.05) is 34.1 Å². The van der Waals surface area contributed by atoms with E-state index in [9.17, 15) is 33.3 Å². The summed E-state index contributed by atoms with van der Waals surface area (Å²) < 4.78 is 34.6. The molecule has 0 radical (unpaired) electrons. The molecule has 2 saturated heterocycles. The number of rotatable bonds is 5. The van der Waals surface area contributed by atoms with Crippen molar-refractivity contribution < 1.29 is 42.5 Å². The minimum Gasteiger partial charge on any atom is -0.458 e. The molecule has 0 aromatic carbocycles. The Balaban J connectivity index is 1.96. The molecule has 11 nitrogen and oxygen atoms in total. The zero-order chi connectivity index (χ0) is 30.9. The van der Waals surface area contributed by atoms with Gasteiger partial charge in [0.2, 0.25) is 9.84 Å². The highest BCUT2D eigenvalue weighted by Gasteiger charge is 2.58. The summed E-state index contributed by atoms with van der Waals surface area (Å²) in [5.74, 6) is -1.90. The molecule has 2 fully saturated rings. The summed E-state index contributed by atoms with van der Waals surface area (Å²) in [6, 6.07) is -0.0188. The third-order valence-corrected chi connectivity index (χ3v) is 9.94. The van der Waals surface area contributed by atoms with E-state index in [1.165, 1.54) is 6.26 Å². The van der Waals surface area contributed by atoms with Crippen LogP contribution in [-0.2, 0) is 24.2 Å². The Morgan fingerprint density at radius 3 is 2.46 bits per heavy atom. The number of ketones is 1. The molecule has 41 heavy (non-hydrogen) atoms. The van der Waals surface area contributed by atoms with Gasteiger partial charge in [-0.2, -0.15) is 4.98 Å². The molecule has 1 aromatic rings. The first-order chi connectivity index (χ1) is 18.9. The Bertz CT molecular complexity index is 1240. The maximum atomic E-state index is 13.3. The molecule has 0 spiro atoms. The fourth-order valence-corrected chi connectivity index (χ4v) is 6.62. The number of Topliss-reactive ketones (excluding diaryl/α,β-unsaturated/α-hetero) is 1. The summed E-state index contributed by atoms with van der Waals surface area (Å²) in [6.07, 6.45) is 3.07. The average Bonchev–Trinajstić information content (AvgIpc) is 3.18. The fourth-order valence-electron chi connectivity index (χ4n) is 6.12. The van der Waals surface area contributed by atoms with Crippen LogP contribution in [0.25, 0.3) is 6.08 Å². The number of hydrogen-bond acceptors (Lipinski definition) is 11. The van der Waals surface area contributed by atoms with Crippen LogP contribution in [0.1, 0.15) is 79.3 Å². The maximum absolute atomic E-state index is 13.3. The minimum atomic E-state index is -3.64. The number of nitrogens with zero attached hydrogens (tertiary/aromatic N) is 2. The third-order valence-electron chi connectivity index (χ3n) is 9.12. The van der Waals surface area contributed by atoms with E-state index in [0.717, 1.165) is 19.1 Å². The topological polar surface area (TPSA) is 167 Å². The second-order valence-electron chi connectivity index (χ2n) is 12.7. The Morgan fingerprint density at radius 2 is 1.88 bits per heavy atom. The third kappa shape index (κ3) is 7.45. The predicted molar refractivity (Wildman–Crippen MR) is 151 cm³/mol. The van der Waals surface area contributed by atoms with Crippen molar-refractivity contribution in [3.8, 4) is 0 Å². The van der Waals surface area contributed by atoms with E-state index in [0.29, 0.717) is 25.0 Å². The van der Waals surface area contributed by atoms with Crippen molar-refractivity contribution >= 4 is 27.7 Å². The predicted octanol–water partition coefficient (Wildman–Crippen LogP) is 2.38. The van der Waals surface area contributed by atoms with Crippen LogP contribution in [0.5, 0.6) is 0 Å². The van der Waals surface area contributed by atoms with Gasteiger partial charge in [-0.25, -0.2) is 8.42 Å². The molecular formula is C29H46N2O9S. The van der Waals surface area contributed by atoms with Crippen LogP contribution < -0.4 is 0 Å². The monoisotopic (exact) mass is 598 g/mol. The Kier molecular flexibility index (Phi) is 10.3. The molecule has 0 bridgehead atoms. The van der Waals surface area contributed by atoms with Crippen LogP contribution >= 0.6 is 0 Å². The number of aliphatic hydroxyl groups excluding tert-OH is 3. The van der Waals surface area contributed by atoms with Crippen molar-refractivity contribution in [2.45, 2.75) is 109 Å². The molecule has 3 rings (SSSR count). The van der Waals surface area contributed by atoms with Gasteiger partial charge in [0.1, 0.15) is 23.8 Å². The highest BCUT2D eigenvalue weighted by atomic mass is 32.2. The molecule has 232 valence electrons. The van der Waals surface area contributed by atoms with Crippen molar-refractivity contribution in [3.05, 3.63) is 17.5 Å². The van der Waals surface area contributed by atoms with Crippen LogP contribution in [-0.4, -0.2) is 94.7 Å². The van der Waals surface area contributed by atoms with Gasteiger partial charge in [-0.3, -0.25) is 14.5 Å². The number of aromatic nitrogens is 1. The molecule has 12 heteroatoms. The van der Waals surface area contributed by atoms with Crippen molar-refractivity contribution in [1.82, 2.24) is 9.88 Å². The van der Waals surface area contributed by atoms with Gasteiger partial charge >= 0.3 is 11.2 Å². The van der Waals surface area contributed by atoms with Gasteiger partial charge < -0.3 is 24.5 Å². The number of hydrogen-bond donors (Lipinski definition) is 3. The number of aliphatic hydroxyl groups is 3. The van der Waals surface area contributed by atoms with Gasteiger partial charge in [0.25, 0.3) is 0 Å². The van der Waals surface area contributed by atoms with Crippen LogP contribution in [0.4, 0.5) is 0 Å². The van der Waals surface area contributed by atoms with E-state index in [1.807, 2.05) is 6.92 Å². The Hall–Kier alpha value is -2.12. The lowest BCUT2D eigenvalue weighted by Crippen LogP contribution is -2.45. The maximum Gasteiger partial charge on any atom is 0.315 e. The highest BCUT2D eigenvalue weighted by molar-refractivity contribution is 7.90. The van der Waals surface area contributed by atoms with Gasteiger partial charge in [0.05, 0.1) is 30.7 Å². The average molecular weight is 599 g/mol. The first-order valence-electron chi connectivity index (χ1n) is 14.2. The summed E-state index contributed by atoms with van der Waals surface area (Å²) in [4.78, 5) is 32.7. The van der Waals surface area contributed by atoms with Crippen molar-refractivity contribution in [1.29, 1.82) is 0 Å². The van der Waals surface area contributed by atoms with Gasteiger partial charge in [0.15, 0.2) is 0 Å². The number of fused-ring (bicyclic) bond motifs is 1. The van der Waals surface area contributed by atoms with Crippen LogP contribution in [0.15, 0.2) is 21.5 Å². The summed E-state index contributed by atoms with van der Waals surface area (Å²) in [7, 11) is -3.64. The molecule has 2 aliphatic heterocycles. The molecule has 3 N–H and O–H groups in total. The van der Waals surface area contributed by atoms with E-state index in [2.05, 4.69) is 16.8 Å². The van der Waals surface area contributed by atoms with Gasteiger partial charge in [-0.15, -0.1) is 0 Å². The summed E-state index contributed by atoms with van der Waals surface area (Å²) in [5.41, 5.74) is -0.714. The normalized spacial score (nSPS) is 36.0. The summed E-state index contributed by atoms with van der Waals surface area (Å²) in [6.45, 7) is 11.0. The van der Waals surface area contributed by atoms with Gasteiger partial charge in [0, 0.05) is 36.7 Å². The van der Waals surface area contributed by atoms with Crippen molar-refractivity contribution in [2.24, 2.45) is 17.3 Å². The number of esters is 1. The first-order valence-corrected chi connectivity index (χ1v) is 16.1. The number of carbonyl (C=O) groups is 2. The van der Waals surface area contributed by atoms with Gasteiger partial charge in [-0.05, 0) is 44.3 Å². The van der Waals surface area contributed by atoms with E-state index in [1.54, 1.807) is 33.8 Å². The number of sulfone groups is 1. The largest absolute Gasteiger partial charge is 0.458 e. The lowest BCUT2D eigenvalue weighted by molar-refractivity contribution is -0.154. The van der Waals surface area contributed by atoms with E-state index in [-0.39, 0.29) is 35.6 Å². The number of ether oxygens (including phenoxy) is 1. The fraction of sp³-hybridized carbons (Fsp3) is 0.759. The van der Waals surface area contributed by atoms with E-state index in [4.69, 9.17) is 9.15 Å². The number of cyclic esters (lactones) is 1. The highest BCUT2D eigenvalue weighted by Crippen LogP contribution is 2.48. The van der Waals surface area contributed by atoms with E-state index >= 15 is 0 Å². The van der Waals surface area contributed by atoms with E-state index < -0.39 is 57.1 Å². The van der Waals surface area contributed by atoms with Crippen molar-refractivity contribution in [3.63, 3.8) is 0 Å². The first kappa shape index (κ1) is 33.4. The van der Waals surface area contributed by atoms with Crippen molar-refractivity contribution in [2.75, 3.05) is 19.4 Å². The summed E-state index contributed by atoms with van der Waals surface area (Å²) in [5, 5.41) is 31.2. The molecule has 0 saturated carbocycles. The Morgan fingerprint density at radius 1 is 1.22 bits per heavy atom. The van der Waals surface area contributed by atoms with Crippen LogP contribution in [0, 0.1) is 17.3 Å². The van der Waals surface area contributed by atoms with Crippen LogP contribution in [0.3, 0.4) is 0 Å². The molecule has 1 aromatic heterocycles. The second kappa shape index (κ2) is 12.6.